The molecule has 0 bridgehead atoms. The van der Waals surface area contributed by atoms with Gasteiger partial charge in [0, 0.05) is 49.3 Å². The van der Waals surface area contributed by atoms with Crippen LogP contribution in [-0.4, -0.2) is 54.7 Å². The molecular weight excluding hydrogens is 306 g/mol. The van der Waals surface area contributed by atoms with Crippen LogP contribution in [-0.2, 0) is 19.4 Å². The van der Waals surface area contributed by atoms with E-state index < -0.39 is 5.97 Å². The standard InChI is InChI=1S/C17H23N5O2/c1-2-7-22-15-5-4-12(9-14(15)16(19-22)17(23)24)20-10-13(11-20)21-8-3-6-18-21/h3,6,8,12-13H,2,4-5,7,9-11H2,1H3,(H,23,24)/t12-/m0/s1. The minimum absolute atomic E-state index is 0.257. The average Bonchev–Trinajstić information content (AvgIpc) is 3.15. The van der Waals surface area contributed by atoms with Crippen LogP contribution in [0.4, 0.5) is 0 Å². The largest absolute Gasteiger partial charge is 0.476 e. The Bertz CT molecular complexity index is 730. The van der Waals surface area contributed by atoms with Crippen molar-refractivity contribution in [3.63, 3.8) is 0 Å². The molecule has 128 valence electrons. The number of carboxylic acids is 1. The molecule has 1 aliphatic heterocycles. The van der Waals surface area contributed by atoms with Crippen LogP contribution in [0.2, 0.25) is 0 Å². The Morgan fingerprint density at radius 3 is 2.88 bits per heavy atom. The van der Waals surface area contributed by atoms with E-state index in [1.165, 1.54) is 0 Å². The van der Waals surface area contributed by atoms with Crippen LogP contribution < -0.4 is 0 Å². The molecule has 4 rings (SSSR count). The Morgan fingerprint density at radius 2 is 2.21 bits per heavy atom. The Balaban J connectivity index is 1.49. The van der Waals surface area contributed by atoms with Gasteiger partial charge in [0.2, 0.25) is 0 Å². The molecular formula is C17H23N5O2. The number of hydrogen-bond acceptors (Lipinski definition) is 4. The van der Waals surface area contributed by atoms with E-state index in [1.807, 2.05) is 27.8 Å². The zero-order chi connectivity index (χ0) is 16.7. The van der Waals surface area contributed by atoms with Crippen LogP contribution >= 0.6 is 0 Å². The van der Waals surface area contributed by atoms with Crippen molar-refractivity contribution in [3.8, 4) is 0 Å². The molecule has 1 saturated heterocycles. The molecule has 2 aromatic heterocycles. The number of carbonyl (C=O) groups is 1. The summed E-state index contributed by atoms with van der Waals surface area (Å²) >= 11 is 0. The molecule has 1 N–H and O–H groups in total. The van der Waals surface area contributed by atoms with Gasteiger partial charge in [0.25, 0.3) is 0 Å². The van der Waals surface area contributed by atoms with Crippen molar-refractivity contribution in [2.24, 2.45) is 0 Å². The zero-order valence-corrected chi connectivity index (χ0v) is 13.9. The number of carboxylic acid groups (broad SMARTS) is 1. The van der Waals surface area contributed by atoms with Gasteiger partial charge in [-0.25, -0.2) is 4.79 Å². The number of aromatic nitrogens is 4. The first-order chi connectivity index (χ1) is 11.7. The summed E-state index contributed by atoms with van der Waals surface area (Å²) in [5, 5.41) is 18.2. The van der Waals surface area contributed by atoms with Crippen LogP contribution in [0.25, 0.3) is 0 Å². The predicted octanol–water partition coefficient (Wildman–Crippen LogP) is 1.60. The molecule has 1 atom stereocenters. The number of fused-ring (bicyclic) bond motifs is 1. The van der Waals surface area contributed by atoms with E-state index in [9.17, 15) is 9.90 Å². The zero-order valence-electron chi connectivity index (χ0n) is 13.9. The fourth-order valence-electron chi connectivity index (χ4n) is 4.00. The van der Waals surface area contributed by atoms with E-state index in [-0.39, 0.29) is 5.69 Å². The molecule has 7 nitrogen and oxygen atoms in total. The Kier molecular flexibility index (Phi) is 3.88. The second kappa shape index (κ2) is 6.05. The van der Waals surface area contributed by atoms with Crippen LogP contribution in [0.5, 0.6) is 0 Å². The second-order valence-corrected chi connectivity index (χ2v) is 6.79. The molecule has 0 aromatic carbocycles. The molecule has 0 unspecified atom stereocenters. The number of aromatic carboxylic acids is 1. The van der Waals surface area contributed by atoms with Crippen LogP contribution in [0.15, 0.2) is 18.5 Å². The number of likely N-dealkylation sites (tertiary alicyclic amines) is 1. The van der Waals surface area contributed by atoms with Crippen molar-refractivity contribution in [2.75, 3.05) is 13.1 Å². The molecule has 0 saturated carbocycles. The fraction of sp³-hybridized carbons (Fsp3) is 0.588. The Morgan fingerprint density at radius 1 is 1.38 bits per heavy atom. The number of aryl methyl sites for hydroxylation is 1. The maximum absolute atomic E-state index is 11.6. The Hall–Kier alpha value is -2.15. The van der Waals surface area contributed by atoms with Crippen LogP contribution in [0.3, 0.4) is 0 Å². The SMILES string of the molecule is CCCn1nc(C(=O)O)c2c1CC[C@H](N1CC(n3cccn3)C1)C2. The van der Waals surface area contributed by atoms with Gasteiger partial charge in [-0.2, -0.15) is 10.2 Å². The first kappa shape index (κ1) is 15.4. The monoisotopic (exact) mass is 329 g/mol. The lowest BCUT2D eigenvalue weighted by molar-refractivity contribution is 0.0457. The van der Waals surface area contributed by atoms with Gasteiger partial charge in [-0.15, -0.1) is 0 Å². The van der Waals surface area contributed by atoms with Gasteiger partial charge in [0.15, 0.2) is 5.69 Å². The Labute approximate surface area is 140 Å². The quantitative estimate of drug-likeness (QED) is 0.902. The highest BCUT2D eigenvalue weighted by Gasteiger charge is 2.37. The van der Waals surface area contributed by atoms with Gasteiger partial charge >= 0.3 is 5.97 Å². The van der Waals surface area contributed by atoms with Crippen molar-refractivity contribution < 1.29 is 9.90 Å². The van der Waals surface area contributed by atoms with E-state index >= 15 is 0 Å². The molecule has 0 spiro atoms. The fourth-order valence-corrected chi connectivity index (χ4v) is 4.00. The number of nitrogens with zero attached hydrogens (tertiary/aromatic N) is 5. The van der Waals surface area contributed by atoms with E-state index in [2.05, 4.69) is 22.0 Å². The van der Waals surface area contributed by atoms with Crippen molar-refractivity contribution in [1.82, 2.24) is 24.5 Å². The molecule has 3 heterocycles. The highest BCUT2D eigenvalue weighted by atomic mass is 16.4. The third kappa shape index (κ3) is 2.53. The van der Waals surface area contributed by atoms with E-state index in [0.717, 1.165) is 56.6 Å². The highest BCUT2D eigenvalue weighted by Crippen LogP contribution is 2.32. The van der Waals surface area contributed by atoms with Crippen molar-refractivity contribution in [1.29, 1.82) is 0 Å². The van der Waals surface area contributed by atoms with Gasteiger partial charge < -0.3 is 5.11 Å². The molecule has 7 heteroatoms. The molecule has 2 aliphatic rings. The average molecular weight is 329 g/mol. The van der Waals surface area contributed by atoms with Crippen LogP contribution in [0, 0.1) is 0 Å². The minimum atomic E-state index is -0.903. The first-order valence-corrected chi connectivity index (χ1v) is 8.72. The lowest BCUT2D eigenvalue weighted by Gasteiger charge is -2.45. The predicted molar refractivity (Wildman–Crippen MR) is 88.1 cm³/mol. The summed E-state index contributed by atoms with van der Waals surface area (Å²) in [5.41, 5.74) is 2.34. The topological polar surface area (TPSA) is 76.2 Å². The van der Waals surface area contributed by atoms with Gasteiger partial charge in [-0.1, -0.05) is 6.92 Å². The summed E-state index contributed by atoms with van der Waals surface area (Å²) in [4.78, 5) is 14.0. The maximum atomic E-state index is 11.6. The van der Waals surface area contributed by atoms with Crippen molar-refractivity contribution >= 4 is 5.97 Å². The van der Waals surface area contributed by atoms with Gasteiger partial charge in [0.1, 0.15) is 0 Å². The number of hydrogen-bond donors (Lipinski definition) is 1. The molecule has 1 aliphatic carbocycles. The summed E-state index contributed by atoms with van der Waals surface area (Å²) in [5.74, 6) is -0.903. The molecule has 2 aromatic rings. The van der Waals surface area contributed by atoms with Crippen molar-refractivity contribution in [2.45, 2.75) is 51.2 Å². The van der Waals surface area contributed by atoms with Crippen LogP contribution in [0.1, 0.15) is 47.6 Å². The summed E-state index contributed by atoms with van der Waals surface area (Å²) in [6.07, 6.45) is 7.59. The van der Waals surface area contributed by atoms with E-state index in [1.54, 1.807) is 0 Å². The normalized spacial score (nSPS) is 21.5. The third-order valence-corrected chi connectivity index (χ3v) is 5.26. The van der Waals surface area contributed by atoms with Gasteiger partial charge in [0.05, 0.1) is 6.04 Å². The maximum Gasteiger partial charge on any atom is 0.356 e. The molecule has 24 heavy (non-hydrogen) atoms. The molecule has 1 fully saturated rings. The summed E-state index contributed by atoms with van der Waals surface area (Å²) in [6.45, 7) is 4.88. The van der Waals surface area contributed by atoms with Gasteiger partial charge in [-0.05, 0) is 31.7 Å². The molecule has 0 radical (unpaired) electrons. The van der Waals surface area contributed by atoms with Crippen molar-refractivity contribution in [3.05, 3.63) is 35.4 Å². The second-order valence-electron chi connectivity index (χ2n) is 6.79. The third-order valence-electron chi connectivity index (χ3n) is 5.26. The lowest BCUT2D eigenvalue weighted by atomic mass is 9.88. The minimum Gasteiger partial charge on any atom is -0.476 e. The summed E-state index contributed by atoms with van der Waals surface area (Å²) in [7, 11) is 0. The van der Waals surface area contributed by atoms with E-state index in [0.29, 0.717) is 12.1 Å². The highest BCUT2D eigenvalue weighted by molar-refractivity contribution is 5.87. The summed E-state index contributed by atoms with van der Waals surface area (Å²) < 4.78 is 3.93. The number of rotatable bonds is 5. The first-order valence-electron chi connectivity index (χ1n) is 8.72. The summed E-state index contributed by atoms with van der Waals surface area (Å²) in [6, 6.07) is 2.82. The molecule has 0 amide bonds. The smallest absolute Gasteiger partial charge is 0.356 e. The lowest BCUT2D eigenvalue weighted by Crippen LogP contribution is -2.54. The van der Waals surface area contributed by atoms with E-state index in [4.69, 9.17) is 0 Å². The van der Waals surface area contributed by atoms with Gasteiger partial charge in [-0.3, -0.25) is 14.3 Å².